The highest BCUT2D eigenvalue weighted by molar-refractivity contribution is 6.30. The van der Waals surface area contributed by atoms with Crippen LogP contribution in [0.5, 0.6) is 0 Å². The summed E-state index contributed by atoms with van der Waals surface area (Å²) in [6, 6.07) is 14.6. The molecule has 0 unspecified atom stereocenters. The Morgan fingerprint density at radius 1 is 0.967 bits per heavy atom. The number of rotatable bonds is 4. The molecule has 0 saturated carbocycles. The van der Waals surface area contributed by atoms with Crippen molar-refractivity contribution in [1.29, 1.82) is 0 Å². The molecule has 2 heterocycles. The first-order valence-electron chi connectivity index (χ1n) is 8.65. The van der Waals surface area contributed by atoms with Crippen molar-refractivity contribution >= 4 is 23.2 Å². The number of anilines is 1. The van der Waals surface area contributed by atoms with E-state index in [4.69, 9.17) is 11.6 Å². The second-order valence-electron chi connectivity index (χ2n) is 6.26. The topological polar surface area (TPSA) is 64.7 Å². The van der Waals surface area contributed by atoms with Crippen molar-refractivity contribution in [3.8, 4) is 11.4 Å². The number of benzene rings is 2. The van der Waals surface area contributed by atoms with Crippen LogP contribution in [-0.2, 0) is 6.18 Å². The monoisotopic (exact) mass is 431 g/mol. The maximum absolute atomic E-state index is 13.7. The van der Waals surface area contributed by atoms with Gasteiger partial charge in [0.1, 0.15) is 0 Å². The van der Waals surface area contributed by atoms with Gasteiger partial charge in [-0.25, -0.2) is 9.36 Å². The minimum absolute atomic E-state index is 0.0792. The van der Waals surface area contributed by atoms with E-state index in [0.29, 0.717) is 10.7 Å². The number of amides is 1. The second kappa shape index (κ2) is 7.68. The highest BCUT2D eigenvalue weighted by Crippen LogP contribution is 2.36. The zero-order valence-corrected chi connectivity index (χ0v) is 15.9. The molecule has 0 radical (unpaired) electrons. The van der Waals surface area contributed by atoms with Crippen LogP contribution in [0.2, 0.25) is 5.02 Å². The molecule has 6 nitrogen and oxygen atoms in total. The smallest absolute Gasteiger partial charge is 0.319 e. The van der Waals surface area contributed by atoms with Crippen LogP contribution in [-0.4, -0.2) is 25.5 Å². The quantitative estimate of drug-likeness (QED) is 0.495. The molecule has 0 saturated heterocycles. The van der Waals surface area contributed by atoms with E-state index in [0.717, 1.165) is 10.9 Å². The van der Waals surface area contributed by atoms with Gasteiger partial charge in [0.15, 0.2) is 5.69 Å². The number of hydrogen-bond donors (Lipinski definition) is 1. The Balaban J connectivity index is 1.64. The van der Waals surface area contributed by atoms with Crippen molar-refractivity contribution in [3.05, 3.63) is 89.5 Å². The van der Waals surface area contributed by atoms with Crippen molar-refractivity contribution in [2.45, 2.75) is 6.18 Å². The summed E-state index contributed by atoms with van der Waals surface area (Å²) < 4.78 is 43.3. The summed E-state index contributed by atoms with van der Waals surface area (Å²) in [7, 11) is 0. The number of nitrogens with one attached hydrogen (secondary N) is 1. The Labute approximate surface area is 173 Å². The lowest BCUT2D eigenvalue weighted by molar-refractivity contribution is -0.142. The number of aromatic nitrogens is 4. The molecule has 2 aromatic carbocycles. The van der Waals surface area contributed by atoms with Crippen LogP contribution in [0, 0.1) is 0 Å². The first-order valence-corrected chi connectivity index (χ1v) is 9.03. The molecular formula is C20H13ClF3N5O. The van der Waals surface area contributed by atoms with Crippen LogP contribution >= 0.6 is 11.6 Å². The van der Waals surface area contributed by atoms with E-state index < -0.39 is 23.5 Å². The molecule has 0 aliphatic carbocycles. The maximum atomic E-state index is 13.7. The van der Waals surface area contributed by atoms with Gasteiger partial charge >= 0.3 is 6.18 Å². The summed E-state index contributed by atoms with van der Waals surface area (Å²) in [5.74, 6) is -0.749. The van der Waals surface area contributed by atoms with Crippen molar-refractivity contribution < 1.29 is 18.0 Å². The minimum Gasteiger partial charge on any atom is -0.319 e. The van der Waals surface area contributed by atoms with Gasteiger partial charge in [-0.3, -0.25) is 4.79 Å². The van der Waals surface area contributed by atoms with E-state index >= 15 is 0 Å². The molecule has 1 N–H and O–H groups in total. The lowest BCUT2D eigenvalue weighted by Gasteiger charge is -2.13. The first kappa shape index (κ1) is 19.7. The maximum Gasteiger partial charge on any atom is 0.435 e. The number of para-hydroxylation sites is 1. The molecule has 30 heavy (non-hydrogen) atoms. The number of carbonyl (C=O) groups excluding carboxylic acids is 1. The predicted octanol–water partition coefficient (Wildman–Crippen LogP) is 4.98. The van der Waals surface area contributed by atoms with Gasteiger partial charge in [-0.05, 0) is 30.3 Å². The highest BCUT2D eigenvalue weighted by Gasteiger charge is 2.39. The van der Waals surface area contributed by atoms with Gasteiger partial charge in [0.25, 0.3) is 5.91 Å². The standard InChI is InChI=1S/C20H13ClF3N5O/c21-14-5-4-8-16(9-14)28-12-13(10-25-28)19(30)27-17-11-26-29(18(17)20(22,23)24)15-6-2-1-3-7-15/h1-12H,(H,27,30). The van der Waals surface area contributed by atoms with Gasteiger partial charge in [0.2, 0.25) is 0 Å². The SMILES string of the molecule is O=C(Nc1cnn(-c2ccccc2)c1C(F)(F)F)c1cnn(-c2cccc(Cl)c2)c1. The average Bonchev–Trinajstić information content (AvgIpc) is 3.36. The van der Waals surface area contributed by atoms with Gasteiger partial charge in [-0.2, -0.15) is 23.4 Å². The summed E-state index contributed by atoms with van der Waals surface area (Å²) >= 11 is 5.95. The van der Waals surface area contributed by atoms with Crippen LogP contribution in [0.15, 0.2) is 73.2 Å². The number of carbonyl (C=O) groups is 1. The van der Waals surface area contributed by atoms with Crippen LogP contribution in [0.1, 0.15) is 16.1 Å². The Morgan fingerprint density at radius 3 is 2.40 bits per heavy atom. The minimum atomic E-state index is -4.74. The summed E-state index contributed by atoms with van der Waals surface area (Å²) in [6.07, 6.45) is -1.12. The summed E-state index contributed by atoms with van der Waals surface area (Å²) in [6.45, 7) is 0. The number of hydrogen-bond acceptors (Lipinski definition) is 3. The molecule has 0 bridgehead atoms. The molecule has 2 aromatic heterocycles. The van der Waals surface area contributed by atoms with Crippen LogP contribution < -0.4 is 5.32 Å². The van der Waals surface area contributed by atoms with E-state index in [2.05, 4.69) is 15.5 Å². The molecule has 4 aromatic rings. The molecule has 0 aliphatic rings. The molecule has 1 amide bonds. The molecule has 4 rings (SSSR count). The van der Waals surface area contributed by atoms with Crippen molar-refractivity contribution in [1.82, 2.24) is 19.6 Å². The van der Waals surface area contributed by atoms with E-state index in [1.54, 1.807) is 42.5 Å². The fourth-order valence-electron chi connectivity index (χ4n) is 2.87. The lowest BCUT2D eigenvalue weighted by Crippen LogP contribution is -2.18. The van der Waals surface area contributed by atoms with Crippen molar-refractivity contribution in [2.75, 3.05) is 5.32 Å². The van der Waals surface area contributed by atoms with Gasteiger partial charge in [-0.1, -0.05) is 35.9 Å². The van der Waals surface area contributed by atoms with Gasteiger partial charge in [0, 0.05) is 11.2 Å². The molecule has 0 fully saturated rings. The third-order valence-electron chi connectivity index (χ3n) is 4.20. The summed E-state index contributed by atoms with van der Waals surface area (Å²) in [5, 5.41) is 10.6. The largest absolute Gasteiger partial charge is 0.435 e. The second-order valence-corrected chi connectivity index (χ2v) is 6.70. The Hall–Kier alpha value is -3.59. The Morgan fingerprint density at radius 2 is 1.70 bits per heavy atom. The first-order chi connectivity index (χ1) is 14.3. The number of alkyl halides is 3. The highest BCUT2D eigenvalue weighted by atomic mass is 35.5. The van der Waals surface area contributed by atoms with E-state index in [1.807, 2.05) is 0 Å². The molecule has 152 valence electrons. The van der Waals surface area contributed by atoms with Crippen LogP contribution in [0.25, 0.3) is 11.4 Å². The fraction of sp³-hybridized carbons (Fsp3) is 0.0500. The van der Waals surface area contributed by atoms with Gasteiger partial charge in [0.05, 0.1) is 35.0 Å². The van der Waals surface area contributed by atoms with E-state index in [9.17, 15) is 18.0 Å². The Kier molecular flexibility index (Phi) is 5.04. The fourth-order valence-corrected chi connectivity index (χ4v) is 3.06. The van der Waals surface area contributed by atoms with Gasteiger partial charge in [-0.15, -0.1) is 0 Å². The van der Waals surface area contributed by atoms with Crippen LogP contribution in [0.4, 0.5) is 18.9 Å². The van der Waals surface area contributed by atoms with Crippen molar-refractivity contribution in [2.24, 2.45) is 0 Å². The molecule has 10 heteroatoms. The predicted molar refractivity (Wildman–Crippen MR) is 105 cm³/mol. The zero-order chi connectivity index (χ0) is 21.3. The van der Waals surface area contributed by atoms with Gasteiger partial charge < -0.3 is 5.32 Å². The zero-order valence-electron chi connectivity index (χ0n) is 15.1. The third-order valence-corrected chi connectivity index (χ3v) is 4.44. The summed E-state index contributed by atoms with van der Waals surface area (Å²) in [4.78, 5) is 12.6. The lowest BCUT2D eigenvalue weighted by atomic mass is 10.2. The van der Waals surface area contributed by atoms with Crippen molar-refractivity contribution in [3.63, 3.8) is 0 Å². The Bertz CT molecular complexity index is 1200. The average molecular weight is 432 g/mol. The molecular weight excluding hydrogens is 419 g/mol. The molecule has 0 spiro atoms. The number of halogens is 4. The van der Waals surface area contributed by atoms with Crippen LogP contribution in [0.3, 0.4) is 0 Å². The van der Waals surface area contributed by atoms with E-state index in [1.165, 1.54) is 29.2 Å². The molecule has 0 aliphatic heterocycles. The third kappa shape index (κ3) is 3.92. The normalized spacial score (nSPS) is 11.5. The number of nitrogens with zero attached hydrogens (tertiary/aromatic N) is 4. The molecule has 0 atom stereocenters. The summed E-state index contributed by atoms with van der Waals surface area (Å²) in [5.41, 5.74) is -0.625. The van der Waals surface area contributed by atoms with E-state index in [-0.39, 0.29) is 11.3 Å².